The van der Waals surface area contributed by atoms with Crippen molar-refractivity contribution in [2.75, 3.05) is 11.9 Å². The topological polar surface area (TPSA) is 66.7 Å². The number of nitrogens with one attached hydrogen (secondary N) is 1. The van der Waals surface area contributed by atoms with Gasteiger partial charge in [0.05, 0.1) is 17.0 Å². The van der Waals surface area contributed by atoms with E-state index in [1.807, 2.05) is 37.3 Å². The van der Waals surface area contributed by atoms with E-state index in [0.717, 1.165) is 11.1 Å². The Balaban J connectivity index is 1.71. The number of amides is 1. The Morgan fingerprint density at radius 3 is 2.62 bits per heavy atom. The van der Waals surface area contributed by atoms with Gasteiger partial charge in [0.2, 0.25) is 0 Å². The van der Waals surface area contributed by atoms with E-state index in [0.29, 0.717) is 45.3 Å². The number of fused-ring (bicyclic) bond motifs is 1. The lowest BCUT2D eigenvalue weighted by atomic mass is 10.1. The van der Waals surface area contributed by atoms with Crippen LogP contribution in [0.4, 0.5) is 5.82 Å². The van der Waals surface area contributed by atoms with Crippen molar-refractivity contribution < 1.29 is 4.79 Å². The second-order valence-corrected chi connectivity index (χ2v) is 9.81. The summed E-state index contributed by atoms with van der Waals surface area (Å²) in [7, 11) is 0. The number of benzene rings is 1. The number of thioether (sulfide) groups is 1. The number of nitrogens with zero attached hydrogens (tertiary/aromatic N) is 3. The van der Waals surface area contributed by atoms with Crippen LogP contribution in [0.3, 0.4) is 0 Å². The summed E-state index contributed by atoms with van der Waals surface area (Å²) >= 11 is 6.69. The van der Waals surface area contributed by atoms with Crippen LogP contribution in [0.25, 0.3) is 11.7 Å². The van der Waals surface area contributed by atoms with Gasteiger partial charge >= 0.3 is 0 Å². The van der Waals surface area contributed by atoms with E-state index in [4.69, 9.17) is 12.2 Å². The van der Waals surface area contributed by atoms with Crippen LogP contribution in [0.15, 0.2) is 58.4 Å². The van der Waals surface area contributed by atoms with Crippen LogP contribution < -0.4 is 10.9 Å². The lowest BCUT2D eigenvalue weighted by Crippen LogP contribution is -2.27. The number of rotatable bonds is 6. The van der Waals surface area contributed by atoms with Gasteiger partial charge in [-0.2, -0.15) is 0 Å². The maximum absolute atomic E-state index is 13.2. The van der Waals surface area contributed by atoms with Gasteiger partial charge in [0.15, 0.2) is 0 Å². The minimum Gasteiger partial charge on any atom is -0.369 e. The Kier molecular flexibility index (Phi) is 6.43. The summed E-state index contributed by atoms with van der Waals surface area (Å²) in [5, 5.41) is 3.27. The summed E-state index contributed by atoms with van der Waals surface area (Å²) in [6.07, 6.45) is 3.29. The first kappa shape index (κ1) is 22.2. The predicted octanol–water partition coefficient (Wildman–Crippen LogP) is 4.47. The van der Waals surface area contributed by atoms with E-state index >= 15 is 0 Å². The van der Waals surface area contributed by atoms with Crippen molar-refractivity contribution in [2.24, 2.45) is 5.92 Å². The predicted molar refractivity (Wildman–Crippen MR) is 135 cm³/mol. The van der Waals surface area contributed by atoms with Gasteiger partial charge in [0, 0.05) is 12.7 Å². The number of thiocarbonyl (C=S) groups is 1. The zero-order valence-electron chi connectivity index (χ0n) is 18.2. The highest BCUT2D eigenvalue weighted by atomic mass is 32.2. The monoisotopic (exact) mass is 464 g/mol. The molecule has 0 unspecified atom stereocenters. The van der Waals surface area contributed by atoms with E-state index in [-0.39, 0.29) is 11.5 Å². The van der Waals surface area contributed by atoms with Gasteiger partial charge in [-0.15, -0.1) is 0 Å². The molecule has 32 heavy (non-hydrogen) atoms. The zero-order chi connectivity index (χ0) is 22.8. The molecular weight excluding hydrogens is 440 g/mol. The van der Waals surface area contributed by atoms with Gasteiger partial charge in [-0.25, -0.2) is 4.98 Å². The number of aromatic nitrogens is 2. The fourth-order valence-electron chi connectivity index (χ4n) is 3.31. The summed E-state index contributed by atoms with van der Waals surface area (Å²) in [5.74, 6) is 0.637. The molecule has 3 aromatic rings. The molecule has 1 amide bonds. The Morgan fingerprint density at radius 2 is 1.91 bits per heavy atom. The summed E-state index contributed by atoms with van der Waals surface area (Å²) in [5.41, 5.74) is 2.83. The molecule has 1 aromatic carbocycles. The molecule has 164 valence electrons. The van der Waals surface area contributed by atoms with Gasteiger partial charge in [-0.1, -0.05) is 73.7 Å². The minimum absolute atomic E-state index is 0.201. The van der Waals surface area contributed by atoms with Crippen LogP contribution >= 0.6 is 24.0 Å². The molecule has 1 aliphatic rings. The van der Waals surface area contributed by atoms with E-state index in [9.17, 15) is 9.59 Å². The van der Waals surface area contributed by atoms with E-state index in [2.05, 4.69) is 24.1 Å². The van der Waals surface area contributed by atoms with Crippen molar-refractivity contribution in [3.8, 4) is 0 Å². The third-order valence-electron chi connectivity index (χ3n) is 5.06. The van der Waals surface area contributed by atoms with Gasteiger partial charge in [-0.05, 0) is 36.6 Å². The largest absolute Gasteiger partial charge is 0.369 e. The van der Waals surface area contributed by atoms with Crippen molar-refractivity contribution in [1.82, 2.24) is 14.3 Å². The van der Waals surface area contributed by atoms with Gasteiger partial charge in [0.25, 0.3) is 11.5 Å². The van der Waals surface area contributed by atoms with Crippen molar-refractivity contribution in [3.05, 3.63) is 80.6 Å². The highest BCUT2D eigenvalue weighted by Gasteiger charge is 2.32. The quantitative estimate of drug-likeness (QED) is 0.429. The number of anilines is 1. The van der Waals surface area contributed by atoms with Crippen molar-refractivity contribution in [1.29, 1.82) is 0 Å². The molecule has 8 heteroatoms. The van der Waals surface area contributed by atoms with Crippen molar-refractivity contribution >= 4 is 51.7 Å². The lowest BCUT2D eigenvalue weighted by molar-refractivity contribution is -0.122. The first-order chi connectivity index (χ1) is 15.3. The van der Waals surface area contributed by atoms with Crippen LogP contribution in [0.5, 0.6) is 0 Å². The molecule has 1 saturated heterocycles. The molecular formula is C24H24N4O2S2. The molecule has 4 rings (SSSR count). The highest BCUT2D eigenvalue weighted by molar-refractivity contribution is 8.26. The molecule has 1 aliphatic heterocycles. The summed E-state index contributed by atoms with van der Waals surface area (Å²) in [6, 6.07) is 13.4. The SMILES string of the molecule is Cc1ccc(CN2C(=O)C(=Cc3c(NCC(C)C)nc4ccccn4c3=O)SC2=S)cc1. The average Bonchev–Trinajstić information content (AvgIpc) is 3.03. The van der Waals surface area contributed by atoms with Crippen LogP contribution in [-0.4, -0.2) is 31.1 Å². The molecule has 0 radical (unpaired) electrons. The van der Waals surface area contributed by atoms with Crippen molar-refractivity contribution in [2.45, 2.75) is 27.3 Å². The molecule has 0 bridgehead atoms. The Morgan fingerprint density at radius 1 is 1.16 bits per heavy atom. The number of pyridine rings is 1. The number of carbonyl (C=O) groups excluding carboxylic acids is 1. The van der Waals surface area contributed by atoms with Gasteiger partial charge in [0.1, 0.15) is 15.8 Å². The molecule has 0 saturated carbocycles. The summed E-state index contributed by atoms with van der Waals surface area (Å²) in [4.78, 5) is 33.0. The first-order valence-corrected chi connectivity index (χ1v) is 11.6. The average molecular weight is 465 g/mol. The normalized spacial score (nSPS) is 15.4. The second kappa shape index (κ2) is 9.26. The molecule has 2 aromatic heterocycles. The van der Waals surface area contributed by atoms with Crippen molar-refractivity contribution in [3.63, 3.8) is 0 Å². The molecule has 6 nitrogen and oxygen atoms in total. The molecule has 0 atom stereocenters. The van der Waals surface area contributed by atoms with Gasteiger partial charge < -0.3 is 5.32 Å². The highest BCUT2D eigenvalue weighted by Crippen LogP contribution is 2.34. The number of aryl methyl sites for hydroxylation is 1. The minimum atomic E-state index is -0.231. The zero-order valence-corrected chi connectivity index (χ0v) is 19.8. The maximum atomic E-state index is 13.2. The molecule has 0 aliphatic carbocycles. The Hall–Kier alpha value is -2.97. The number of hydrogen-bond acceptors (Lipinski definition) is 6. The summed E-state index contributed by atoms with van der Waals surface area (Å²) < 4.78 is 1.96. The number of hydrogen-bond donors (Lipinski definition) is 1. The maximum Gasteiger partial charge on any atom is 0.267 e. The van der Waals surface area contributed by atoms with Crippen LogP contribution in [0, 0.1) is 12.8 Å². The third kappa shape index (κ3) is 4.61. The van der Waals surface area contributed by atoms with Crippen LogP contribution in [0.1, 0.15) is 30.5 Å². The molecule has 3 heterocycles. The van der Waals surface area contributed by atoms with Gasteiger partial charge in [-0.3, -0.25) is 18.9 Å². The lowest BCUT2D eigenvalue weighted by Gasteiger charge is -2.14. The second-order valence-electron chi connectivity index (χ2n) is 8.14. The fraction of sp³-hybridized carbons (Fsp3) is 0.250. The van der Waals surface area contributed by atoms with E-state index < -0.39 is 0 Å². The van der Waals surface area contributed by atoms with Crippen LogP contribution in [0.2, 0.25) is 0 Å². The van der Waals surface area contributed by atoms with E-state index in [1.54, 1.807) is 29.3 Å². The molecule has 1 N–H and O–H groups in total. The first-order valence-electron chi connectivity index (χ1n) is 10.4. The third-order valence-corrected chi connectivity index (χ3v) is 6.43. The smallest absolute Gasteiger partial charge is 0.267 e. The molecule has 1 fully saturated rings. The fourth-order valence-corrected chi connectivity index (χ4v) is 4.55. The Labute approximate surface area is 196 Å². The van der Waals surface area contributed by atoms with Crippen LogP contribution in [-0.2, 0) is 11.3 Å². The Bertz CT molecular complexity index is 1280. The standard InChI is InChI=1S/C24H24N4O2S2/c1-15(2)13-25-21-18(22(29)27-11-5-4-6-20(27)26-21)12-19-23(30)28(24(31)32-19)14-17-9-7-16(3)8-10-17/h4-12,15,25H,13-14H2,1-3H3. The number of carbonyl (C=O) groups is 1. The summed E-state index contributed by atoms with van der Waals surface area (Å²) in [6.45, 7) is 7.24. The van der Waals surface area contributed by atoms with E-state index in [1.165, 1.54) is 16.2 Å². The molecule has 0 spiro atoms.